The maximum atomic E-state index is 14.6. The third kappa shape index (κ3) is 6.45. The van der Waals surface area contributed by atoms with Crippen LogP contribution in [0.25, 0.3) is 0 Å². The smallest absolute Gasteiger partial charge is 0.433 e. The van der Waals surface area contributed by atoms with Crippen molar-refractivity contribution in [1.29, 1.82) is 0 Å². The van der Waals surface area contributed by atoms with Crippen LogP contribution in [0.1, 0.15) is 78.9 Å². The van der Waals surface area contributed by atoms with E-state index < -0.39 is 65.3 Å². The number of carbonyl (C=O) groups excluding carboxylic acids is 2. The van der Waals surface area contributed by atoms with E-state index in [4.69, 9.17) is 23.2 Å². The lowest BCUT2D eigenvalue weighted by atomic mass is 9.74. The van der Waals surface area contributed by atoms with Crippen LogP contribution in [0.5, 0.6) is 0 Å². The molecule has 1 aliphatic rings. The molecule has 0 unspecified atom stereocenters. The standard InChI is InChI=1S/C24H26Cl2F4N4O4/c1-22(2,27)12-33(11-17(35)18-15(25)9-31-10-16(18)26)20(36)14-8-32-34(19(14)24(28,29)30)13-4-6-23(3,7-5-13)21(37)38/h8-10,13H,4-7,11-12H2,1-3H3,(H,37,38). The minimum Gasteiger partial charge on any atom is -0.481 e. The Kier molecular flexibility index (Phi) is 8.47. The number of hydrogen-bond donors (Lipinski definition) is 1. The van der Waals surface area contributed by atoms with Crippen LogP contribution in [0.15, 0.2) is 18.6 Å². The molecule has 2 aromatic heterocycles. The molecule has 0 atom stereocenters. The fraction of sp³-hybridized carbons (Fsp3) is 0.542. The van der Waals surface area contributed by atoms with Crippen LogP contribution in [-0.2, 0) is 11.0 Å². The molecule has 1 N–H and O–H groups in total. The Labute approximate surface area is 225 Å². The van der Waals surface area contributed by atoms with Crippen LogP contribution < -0.4 is 0 Å². The molecule has 0 aliphatic heterocycles. The average molecular weight is 581 g/mol. The monoisotopic (exact) mass is 580 g/mol. The van der Waals surface area contributed by atoms with Gasteiger partial charge in [-0.1, -0.05) is 23.2 Å². The van der Waals surface area contributed by atoms with Gasteiger partial charge in [-0.25, -0.2) is 4.39 Å². The SMILES string of the molecule is CC(C)(F)CN(CC(=O)c1c(Cl)cncc1Cl)C(=O)c1cnn(C2CCC(C)(C(=O)O)CC2)c1C(F)(F)F. The van der Waals surface area contributed by atoms with Gasteiger partial charge in [0.2, 0.25) is 0 Å². The lowest BCUT2D eigenvalue weighted by Gasteiger charge is -2.34. The molecule has 1 fully saturated rings. The van der Waals surface area contributed by atoms with E-state index in [1.165, 1.54) is 6.92 Å². The molecular weight excluding hydrogens is 555 g/mol. The van der Waals surface area contributed by atoms with Gasteiger partial charge in [0.15, 0.2) is 11.5 Å². The summed E-state index contributed by atoms with van der Waals surface area (Å²) in [4.78, 5) is 42.3. The number of carbonyl (C=O) groups is 3. The largest absolute Gasteiger partial charge is 0.481 e. The highest BCUT2D eigenvalue weighted by Crippen LogP contribution is 2.43. The predicted octanol–water partition coefficient (Wildman–Crippen LogP) is 5.88. The number of halogens is 6. The molecule has 0 radical (unpaired) electrons. The number of amides is 1. The lowest BCUT2D eigenvalue weighted by molar-refractivity contribution is -0.152. The van der Waals surface area contributed by atoms with Gasteiger partial charge < -0.3 is 10.0 Å². The maximum Gasteiger partial charge on any atom is 0.433 e. The minimum absolute atomic E-state index is 0.0972. The molecule has 0 spiro atoms. The first-order valence-corrected chi connectivity index (χ1v) is 12.4. The van der Waals surface area contributed by atoms with Gasteiger partial charge in [-0.3, -0.25) is 24.0 Å². The number of rotatable bonds is 8. The topological polar surface area (TPSA) is 105 Å². The van der Waals surface area contributed by atoms with Gasteiger partial charge in [-0.05, 0) is 46.5 Å². The van der Waals surface area contributed by atoms with Crippen molar-refractivity contribution in [2.75, 3.05) is 13.1 Å². The fourth-order valence-electron chi connectivity index (χ4n) is 4.53. The summed E-state index contributed by atoms with van der Waals surface area (Å²) >= 11 is 12.0. The summed E-state index contributed by atoms with van der Waals surface area (Å²) in [7, 11) is 0. The number of pyridine rings is 1. The van der Waals surface area contributed by atoms with Crippen LogP contribution >= 0.6 is 23.2 Å². The van der Waals surface area contributed by atoms with Crippen molar-refractivity contribution in [1.82, 2.24) is 19.7 Å². The van der Waals surface area contributed by atoms with E-state index in [1.54, 1.807) is 0 Å². The van der Waals surface area contributed by atoms with E-state index in [1.807, 2.05) is 0 Å². The second-order valence-corrected chi connectivity index (χ2v) is 11.0. The second-order valence-electron chi connectivity index (χ2n) is 10.2. The van der Waals surface area contributed by atoms with Gasteiger partial charge in [-0.2, -0.15) is 18.3 Å². The van der Waals surface area contributed by atoms with Crippen molar-refractivity contribution >= 4 is 40.9 Å². The highest BCUT2D eigenvalue weighted by Gasteiger charge is 2.45. The van der Waals surface area contributed by atoms with Crippen molar-refractivity contribution < 1.29 is 37.1 Å². The Morgan fingerprint density at radius 2 is 1.66 bits per heavy atom. The number of Topliss-reactive ketones (excluding diaryl/α,β-unsaturated/α-hetero) is 1. The zero-order valence-electron chi connectivity index (χ0n) is 20.8. The Hall–Kier alpha value is -2.73. The van der Waals surface area contributed by atoms with Crippen molar-refractivity contribution in [3.63, 3.8) is 0 Å². The number of hydrogen-bond acceptors (Lipinski definition) is 5. The van der Waals surface area contributed by atoms with Crippen LogP contribution in [0.2, 0.25) is 10.0 Å². The van der Waals surface area contributed by atoms with E-state index in [2.05, 4.69) is 10.1 Å². The molecule has 0 saturated heterocycles. The summed E-state index contributed by atoms with van der Waals surface area (Å²) in [6.45, 7) is 2.24. The van der Waals surface area contributed by atoms with Crippen LogP contribution in [0, 0.1) is 5.41 Å². The number of aromatic nitrogens is 3. The molecule has 0 aromatic carbocycles. The first-order valence-electron chi connectivity index (χ1n) is 11.6. The Bertz CT molecular complexity index is 1210. The number of aliphatic carboxylic acids is 1. The maximum absolute atomic E-state index is 14.6. The molecule has 1 amide bonds. The summed E-state index contributed by atoms with van der Waals surface area (Å²) in [5.74, 6) is -3.11. The molecule has 38 heavy (non-hydrogen) atoms. The number of nitrogens with zero attached hydrogens (tertiary/aromatic N) is 4. The average Bonchev–Trinajstić information content (AvgIpc) is 3.23. The molecule has 208 valence electrons. The number of carboxylic acids is 1. The van der Waals surface area contributed by atoms with Gasteiger partial charge in [0.25, 0.3) is 5.91 Å². The molecule has 8 nitrogen and oxygen atoms in total. The van der Waals surface area contributed by atoms with Gasteiger partial charge >= 0.3 is 12.1 Å². The minimum atomic E-state index is -5.02. The van der Waals surface area contributed by atoms with Crippen molar-refractivity contribution in [2.45, 2.75) is 64.3 Å². The zero-order valence-corrected chi connectivity index (χ0v) is 22.3. The van der Waals surface area contributed by atoms with Gasteiger partial charge in [0.05, 0.1) is 51.9 Å². The van der Waals surface area contributed by atoms with E-state index in [9.17, 15) is 37.1 Å². The first-order chi connectivity index (χ1) is 17.4. The summed E-state index contributed by atoms with van der Waals surface area (Å²) in [6, 6.07) is -0.803. The normalized spacial score (nSPS) is 20.3. The van der Waals surface area contributed by atoms with E-state index in [0.717, 1.165) is 32.4 Å². The molecular formula is C24H26Cl2F4N4O4. The molecule has 1 aliphatic carbocycles. The molecule has 1 saturated carbocycles. The number of carboxylic acid groups (broad SMARTS) is 1. The van der Waals surface area contributed by atoms with E-state index in [0.29, 0.717) is 9.58 Å². The molecule has 14 heteroatoms. The van der Waals surface area contributed by atoms with Gasteiger partial charge in [0.1, 0.15) is 5.67 Å². The summed E-state index contributed by atoms with van der Waals surface area (Å²) < 4.78 is 58.1. The van der Waals surface area contributed by atoms with Crippen molar-refractivity contribution in [3.8, 4) is 0 Å². The van der Waals surface area contributed by atoms with Gasteiger partial charge in [0, 0.05) is 12.4 Å². The Morgan fingerprint density at radius 1 is 1.11 bits per heavy atom. The van der Waals surface area contributed by atoms with Crippen LogP contribution in [0.3, 0.4) is 0 Å². The van der Waals surface area contributed by atoms with Crippen LogP contribution in [-0.4, -0.2) is 61.2 Å². The summed E-state index contributed by atoms with van der Waals surface area (Å²) in [5.41, 5.74) is -5.54. The number of alkyl halides is 4. The lowest BCUT2D eigenvalue weighted by Crippen LogP contribution is -2.43. The molecule has 0 bridgehead atoms. The zero-order chi connectivity index (χ0) is 28.6. The highest BCUT2D eigenvalue weighted by molar-refractivity contribution is 6.39. The Balaban J connectivity index is 1.98. The quantitative estimate of drug-likeness (QED) is 0.308. The molecule has 3 rings (SSSR count). The van der Waals surface area contributed by atoms with Crippen molar-refractivity contribution in [3.05, 3.63) is 45.5 Å². The first kappa shape index (κ1) is 29.8. The summed E-state index contributed by atoms with van der Waals surface area (Å²) in [6.07, 6.45) is -1.57. The fourth-order valence-corrected chi connectivity index (χ4v) is 5.11. The van der Waals surface area contributed by atoms with Gasteiger partial charge in [-0.15, -0.1) is 0 Å². The Morgan fingerprint density at radius 3 is 2.13 bits per heavy atom. The highest BCUT2D eigenvalue weighted by atomic mass is 35.5. The summed E-state index contributed by atoms with van der Waals surface area (Å²) in [5, 5.41) is 13.0. The molecule has 2 aromatic rings. The van der Waals surface area contributed by atoms with Crippen molar-refractivity contribution in [2.24, 2.45) is 5.41 Å². The third-order valence-corrected chi connectivity index (χ3v) is 7.11. The number of ketones is 1. The van der Waals surface area contributed by atoms with E-state index >= 15 is 0 Å². The molecule has 2 heterocycles. The second kappa shape index (κ2) is 10.8. The predicted molar refractivity (Wildman–Crippen MR) is 130 cm³/mol. The third-order valence-electron chi connectivity index (χ3n) is 6.54. The van der Waals surface area contributed by atoms with Crippen LogP contribution in [0.4, 0.5) is 17.6 Å². The van der Waals surface area contributed by atoms with E-state index in [-0.39, 0.29) is 41.3 Å².